The molecule has 11 nitrogen and oxygen atoms in total. The number of sulfone groups is 1. The maximum Gasteiger partial charge on any atom is 0.413 e. The lowest BCUT2D eigenvalue weighted by Crippen LogP contribution is -2.67. The van der Waals surface area contributed by atoms with Crippen LogP contribution in [0.4, 0.5) is 10.5 Å². The molecule has 1 aliphatic carbocycles. The number of ether oxygens (including phenoxy) is 2. The minimum Gasteiger partial charge on any atom is -0.477 e. The van der Waals surface area contributed by atoms with Crippen LogP contribution < -0.4 is 10.1 Å². The van der Waals surface area contributed by atoms with E-state index in [0.717, 1.165) is 0 Å². The molecule has 0 unspecified atom stereocenters. The smallest absolute Gasteiger partial charge is 0.413 e. The molecule has 0 bridgehead atoms. The third-order valence-corrected chi connectivity index (χ3v) is 9.40. The molecule has 32 heavy (non-hydrogen) atoms. The summed E-state index contributed by atoms with van der Waals surface area (Å²) in [5.74, 6) is 0.311. The zero-order chi connectivity index (χ0) is 23.4. The highest BCUT2D eigenvalue weighted by molar-refractivity contribution is 7.94. The van der Waals surface area contributed by atoms with Gasteiger partial charge >= 0.3 is 6.09 Å². The van der Waals surface area contributed by atoms with Crippen LogP contribution in [-0.2, 0) is 20.1 Å². The molecule has 1 aromatic heterocycles. The summed E-state index contributed by atoms with van der Waals surface area (Å²) in [5, 5.41) is 5.34. The van der Waals surface area contributed by atoms with Gasteiger partial charge in [0.1, 0.15) is 21.7 Å². The van der Waals surface area contributed by atoms with Crippen molar-refractivity contribution in [1.82, 2.24) is 10.3 Å². The van der Waals surface area contributed by atoms with Crippen molar-refractivity contribution in [3.8, 4) is 5.88 Å². The first-order chi connectivity index (χ1) is 14.9. The van der Waals surface area contributed by atoms with Crippen LogP contribution in [0.5, 0.6) is 5.88 Å². The lowest BCUT2D eigenvalue weighted by Gasteiger charge is -2.50. The molecule has 12 heteroatoms. The van der Waals surface area contributed by atoms with Crippen LogP contribution in [0.3, 0.4) is 0 Å². The number of hydrogen-bond donors (Lipinski definition) is 1. The van der Waals surface area contributed by atoms with Crippen LogP contribution in [0.25, 0.3) is 10.4 Å². The fraction of sp³-hybridized carbons (Fsp3) is 0.650. The average molecular weight is 463 g/mol. The Labute approximate surface area is 186 Å². The van der Waals surface area contributed by atoms with Crippen molar-refractivity contribution in [3.05, 3.63) is 28.3 Å². The van der Waals surface area contributed by atoms with Crippen LogP contribution in [0.1, 0.15) is 58.9 Å². The van der Waals surface area contributed by atoms with Crippen molar-refractivity contribution >= 4 is 27.5 Å². The van der Waals surface area contributed by atoms with Crippen LogP contribution >= 0.6 is 0 Å². The number of carbonyl (C=O) groups is 1. The Morgan fingerprint density at radius 2 is 2.12 bits per heavy atom. The zero-order valence-electron chi connectivity index (χ0n) is 18.5. The normalized spacial score (nSPS) is 27.2. The number of fused-ring (bicyclic) bond motifs is 3. The highest BCUT2D eigenvalue weighted by Crippen LogP contribution is 2.53. The Kier molecular flexibility index (Phi) is 5.13. The minimum absolute atomic E-state index is 0.0822. The summed E-state index contributed by atoms with van der Waals surface area (Å²) in [6, 6.07) is 1.54. The molecule has 1 amide bonds. The maximum atomic E-state index is 14.0. The number of amides is 1. The van der Waals surface area contributed by atoms with Crippen molar-refractivity contribution in [2.75, 3.05) is 6.61 Å². The number of aromatic nitrogens is 1. The van der Waals surface area contributed by atoms with E-state index in [1.165, 1.54) is 6.20 Å². The van der Waals surface area contributed by atoms with Crippen molar-refractivity contribution in [2.45, 2.75) is 74.5 Å². The van der Waals surface area contributed by atoms with Gasteiger partial charge in [-0.1, -0.05) is 5.11 Å². The first kappa shape index (κ1) is 22.3. The Balaban J connectivity index is 1.90. The van der Waals surface area contributed by atoms with Crippen LogP contribution in [-0.4, -0.2) is 47.5 Å². The van der Waals surface area contributed by atoms with Crippen molar-refractivity contribution in [3.63, 3.8) is 0 Å². The summed E-state index contributed by atoms with van der Waals surface area (Å²) in [6.07, 6.45) is 2.29. The van der Waals surface area contributed by atoms with E-state index >= 15 is 0 Å². The molecular formula is C20H26N6O5S. The van der Waals surface area contributed by atoms with Gasteiger partial charge in [-0.15, -0.1) is 0 Å². The van der Waals surface area contributed by atoms with E-state index in [4.69, 9.17) is 20.0 Å². The standard InChI is InChI=1S/C20H26N6O5S/c1-18(2,3)31-17(27)23-16-20(7-5-8-20)32(28,29)14-6-9-30-15-13(19(14,4)24-16)10-12(11-22-15)25-26-21/h10-11,14H,5-9H2,1-4H3,(H,23,24,27)/t14-,19-/m1/s1. The molecule has 4 rings (SSSR count). The fourth-order valence-electron chi connectivity index (χ4n) is 4.63. The summed E-state index contributed by atoms with van der Waals surface area (Å²) >= 11 is 0. The number of aliphatic imine (C=N–C) groups is 1. The molecule has 3 heterocycles. The Morgan fingerprint density at radius 1 is 1.41 bits per heavy atom. The Morgan fingerprint density at radius 3 is 2.72 bits per heavy atom. The topological polar surface area (TPSA) is 156 Å². The molecule has 1 spiro atoms. The monoisotopic (exact) mass is 462 g/mol. The lowest BCUT2D eigenvalue weighted by molar-refractivity contribution is 0.0558. The van der Waals surface area contributed by atoms with Gasteiger partial charge in [0.05, 0.1) is 17.5 Å². The van der Waals surface area contributed by atoms with E-state index in [1.54, 1.807) is 33.8 Å². The lowest BCUT2D eigenvalue weighted by atomic mass is 9.81. The Bertz CT molecular complexity index is 1150. The molecule has 1 fully saturated rings. The zero-order valence-corrected chi connectivity index (χ0v) is 19.3. The van der Waals surface area contributed by atoms with Crippen molar-refractivity contribution in [1.29, 1.82) is 0 Å². The van der Waals surface area contributed by atoms with E-state index in [2.05, 4.69) is 20.3 Å². The number of pyridine rings is 1. The highest BCUT2D eigenvalue weighted by atomic mass is 32.2. The van der Waals surface area contributed by atoms with E-state index in [9.17, 15) is 13.2 Å². The van der Waals surface area contributed by atoms with Gasteiger partial charge in [-0.3, -0.25) is 10.3 Å². The SMILES string of the molecule is CC(C)(C)OC(=O)NC1=N[C@]2(C)c3cc(N=[N+]=[N-])cnc3OCC[C@H]2S(=O)(=O)C12CCC2. The van der Waals surface area contributed by atoms with Gasteiger partial charge in [-0.25, -0.2) is 18.2 Å². The summed E-state index contributed by atoms with van der Waals surface area (Å²) in [6.45, 7) is 7.02. The van der Waals surface area contributed by atoms with Gasteiger partial charge in [0.15, 0.2) is 9.84 Å². The van der Waals surface area contributed by atoms with Crippen molar-refractivity contribution in [2.24, 2.45) is 10.1 Å². The van der Waals surface area contributed by atoms with Gasteiger partial charge in [0.2, 0.25) is 5.88 Å². The van der Waals surface area contributed by atoms with E-state index in [0.29, 0.717) is 24.8 Å². The molecule has 2 aliphatic heterocycles. The first-order valence-corrected chi connectivity index (χ1v) is 12.0. The molecule has 1 saturated carbocycles. The molecule has 0 aromatic carbocycles. The highest BCUT2D eigenvalue weighted by Gasteiger charge is 2.64. The number of carbonyl (C=O) groups excluding carboxylic acids is 1. The van der Waals surface area contributed by atoms with Crippen LogP contribution in [0, 0.1) is 0 Å². The third kappa shape index (κ3) is 3.38. The summed E-state index contributed by atoms with van der Waals surface area (Å²) in [4.78, 5) is 24.4. The fourth-order valence-corrected chi connectivity index (χ4v) is 7.59. The van der Waals surface area contributed by atoms with Gasteiger partial charge < -0.3 is 9.47 Å². The van der Waals surface area contributed by atoms with E-state index in [1.807, 2.05) is 0 Å². The number of amidine groups is 1. The molecule has 0 radical (unpaired) electrons. The number of hydrogen-bond acceptors (Lipinski definition) is 8. The van der Waals surface area contributed by atoms with Gasteiger partial charge in [-0.2, -0.15) is 0 Å². The van der Waals surface area contributed by atoms with Crippen LogP contribution in [0.15, 0.2) is 22.4 Å². The molecule has 1 aromatic rings. The quantitative estimate of drug-likeness (QED) is 0.381. The maximum absolute atomic E-state index is 14.0. The summed E-state index contributed by atoms with van der Waals surface area (Å²) < 4.78 is 37.8. The second-order valence-corrected chi connectivity index (χ2v) is 11.9. The van der Waals surface area contributed by atoms with Crippen molar-refractivity contribution < 1.29 is 22.7 Å². The second-order valence-electron chi connectivity index (χ2n) is 9.49. The number of alkyl carbamates (subject to hydrolysis) is 1. The number of nitrogens with one attached hydrogen (secondary N) is 1. The number of azide groups is 1. The largest absolute Gasteiger partial charge is 0.477 e. The molecule has 0 saturated heterocycles. The number of rotatable bonds is 1. The van der Waals surface area contributed by atoms with Gasteiger partial charge in [0.25, 0.3) is 0 Å². The number of nitrogens with zero attached hydrogens (tertiary/aromatic N) is 5. The molecular weight excluding hydrogens is 436 g/mol. The van der Waals surface area contributed by atoms with Gasteiger partial charge in [-0.05, 0) is 58.6 Å². The van der Waals surface area contributed by atoms with Gasteiger partial charge in [0, 0.05) is 23.1 Å². The summed E-state index contributed by atoms with van der Waals surface area (Å²) in [7, 11) is -3.79. The predicted molar refractivity (Wildman–Crippen MR) is 117 cm³/mol. The second kappa shape index (κ2) is 7.35. The molecule has 1 N–H and O–H groups in total. The molecule has 172 valence electrons. The van der Waals surface area contributed by atoms with E-state index in [-0.39, 0.29) is 30.4 Å². The van der Waals surface area contributed by atoms with Crippen LogP contribution in [0.2, 0.25) is 0 Å². The first-order valence-electron chi connectivity index (χ1n) is 10.5. The summed E-state index contributed by atoms with van der Waals surface area (Å²) in [5.41, 5.74) is 7.37. The molecule has 3 aliphatic rings. The molecule has 2 atom stereocenters. The Hall–Kier alpha value is -2.85. The third-order valence-electron chi connectivity index (χ3n) is 6.26. The average Bonchev–Trinajstić information content (AvgIpc) is 2.76. The predicted octanol–water partition coefficient (Wildman–Crippen LogP) is 3.66. The minimum atomic E-state index is -3.79. The van der Waals surface area contributed by atoms with E-state index < -0.39 is 37.1 Å².